The molecule has 44 heavy (non-hydrogen) atoms. The minimum absolute atomic E-state index is 0.00806. The number of thiophene rings is 1. The predicted octanol–water partition coefficient (Wildman–Crippen LogP) is 5.93. The number of thioether (sulfide) groups is 1. The quantitative estimate of drug-likeness (QED) is 0.123. The van der Waals surface area contributed by atoms with E-state index in [1.165, 1.54) is 46.6 Å². The van der Waals surface area contributed by atoms with E-state index in [4.69, 9.17) is 26.8 Å². The second-order valence-electron chi connectivity index (χ2n) is 9.76. The van der Waals surface area contributed by atoms with E-state index in [0.29, 0.717) is 40.1 Å². The van der Waals surface area contributed by atoms with Gasteiger partial charge in [0.15, 0.2) is 11.6 Å². The summed E-state index contributed by atoms with van der Waals surface area (Å²) in [4.78, 5) is 42.1. The summed E-state index contributed by atoms with van der Waals surface area (Å²) in [6, 6.07) is 11.0. The van der Waals surface area contributed by atoms with E-state index in [0.717, 1.165) is 46.7 Å². The summed E-state index contributed by atoms with van der Waals surface area (Å²) in [5.41, 5.74) is 1.27. The topological polar surface area (TPSA) is 96.4 Å². The molecule has 2 saturated heterocycles. The Labute approximate surface area is 265 Å². The largest absolute Gasteiger partial charge is 0.478 e. The number of ether oxygens (including phenoxy) is 2. The highest BCUT2D eigenvalue weighted by Gasteiger charge is 2.32. The van der Waals surface area contributed by atoms with E-state index in [1.807, 2.05) is 18.2 Å². The van der Waals surface area contributed by atoms with Crippen LogP contribution >= 0.6 is 35.3 Å². The van der Waals surface area contributed by atoms with Gasteiger partial charge in [0.2, 0.25) is 0 Å². The summed E-state index contributed by atoms with van der Waals surface area (Å²) in [5, 5.41) is 9.00. The number of nitrogens with zero attached hydrogens (tertiary/aromatic N) is 2. The van der Waals surface area contributed by atoms with Gasteiger partial charge in [0.1, 0.15) is 10.1 Å². The minimum atomic E-state index is -1.09. The van der Waals surface area contributed by atoms with Crippen LogP contribution in [-0.4, -0.2) is 76.5 Å². The maximum atomic E-state index is 14.1. The highest BCUT2D eigenvalue weighted by atomic mass is 32.2. The number of rotatable bonds is 10. The average molecular weight is 657 g/mol. The molecule has 2 aromatic carbocycles. The molecule has 5 rings (SSSR count). The molecule has 228 valence electrons. The van der Waals surface area contributed by atoms with Crippen molar-refractivity contribution in [3.05, 3.63) is 86.5 Å². The first-order valence-corrected chi connectivity index (χ1v) is 15.6. The molecule has 0 radical (unpaired) electrons. The summed E-state index contributed by atoms with van der Waals surface area (Å²) >= 11 is 7.92. The van der Waals surface area contributed by atoms with E-state index in [-0.39, 0.29) is 30.2 Å². The van der Waals surface area contributed by atoms with Gasteiger partial charge in [0.05, 0.1) is 30.1 Å². The van der Waals surface area contributed by atoms with Gasteiger partial charge in [-0.15, -0.1) is 11.3 Å². The molecule has 0 spiro atoms. The number of hydrogen-bond donors (Lipinski definition) is 1. The van der Waals surface area contributed by atoms with Crippen molar-refractivity contribution in [3.63, 3.8) is 0 Å². The number of carbonyl (C=O) groups is 3. The average Bonchev–Trinajstić information content (AvgIpc) is 3.53. The molecule has 1 N–H and O–H groups in total. The molecule has 0 atom stereocenters. The fraction of sp³-hybridized carbons (Fsp3) is 0.226. The Morgan fingerprint density at radius 3 is 2.52 bits per heavy atom. The van der Waals surface area contributed by atoms with Crippen LogP contribution < -0.4 is 4.74 Å². The molecular weight excluding hydrogens is 631 g/mol. The van der Waals surface area contributed by atoms with E-state index in [9.17, 15) is 23.2 Å². The first-order valence-electron chi connectivity index (χ1n) is 13.5. The zero-order valence-corrected chi connectivity index (χ0v) is 25.6. The van der Waals surface area contributed by atoms with Crippen molar-refractivity contribution in [1.29, 1.82) is 0 Å². The van der Waals surface area contributed by atoms with Crippen molar-refractivity contribution in [2.75, 3.05) is 39.4 Å². The first-order chi connectivity index (χ1) is 21.2. The highest BCUT2D eigenvalue weighted by Crippen LogP contribution is 2.38. The molecule has 1 amide bonds. The Morgan fingerprint density at radius 2 is 1.82 bits per heavy atom. The van der Waals surface area contributed by atoms with Crippen LogP contribution in [0.25, 0.3) is 23.3 Å². The third kappa shape index (κ3) is 7.85. The molecule has 2 fully saturated rings. The predicted molar refractivity (Wildman–Crippen MR) is 169 cm³/mol. The van der Waals surface area contributed by atoms with Crippen LogP contribution in [0.2, 0.25) is 0 Å². The normalized spacial score (nSPS) is 16.8. The van der Waals surface area contributed by atoms with Crippen LogP contribution in [-0.2, 0) is 14.3 Å². The number of esters is 1. The molecule has 2 aliphatic rings. The molecule has 8 nitrogen and oxygen atoms in total. The molecule has 3 aromatic rings. The fourth-order valence-corrected chi connectivity index (χ4v) is 6.91. The number of thiocarbonyl (C=S) groups is 1. The van der Waals surface area contributed by atoms with Crippen LogP contribution in [0.5, 0.6) is 5.75 Å². The molecule has 13 heteroatoms. The standard InChI is InChI=1S/C31H26F2N2O6S3/c32-24-8-5-20(16-25(24)33)23-17-22(43-26(23)2-1-10-34-12-14-40-15-13-34)18-27-29(37)35(31(42)44-27)11-9-28(36)41-21-6-3-19(4-7-21)30(38)39/h1-8,16-18H,9-15H2,(H,38,39). The van der Waals surface area contributed by atoms with Gasteiger partial charge in [-0.05, 0) is 60.2 Å². The zero-order chi connectivity index (χ0) is 31.2. The lowest BCUT2D eigenvalue weighted by Gasteiger charge is -2.25. The molecule has 3 heterocycles. The molecule has 0 aliphatic carbocycles. The number of morpholine rings is 1. The molecule has 2 aliphatic heterocycles. The number of aromatic carboxylic acids is 1. The monoisotopic (exact) mass is 656 g/mol. The van der Waals surface area contributed by atoms with Crippen LogP contribution in [0.4, 0.5) is 8.78 Å². The Balaban J connectivity index is 1.28. The SMILES string of the molecule is O=C(CCN1C(=O)C(=Cc2cc(-c3ccc(F)c(F)c3)c(C=CCN3CCOCC3)s2)SC1=S)Oc1ccc(C(=O)O)cc1. The summed E-state index contributed by atoms with van der Waals surface area (Å²) in [6.07, 6.45) is 5.54. The third-order valence-electron chi connectivity index (χ3n) is 6.77. The van der Waals surface area contributed by atoms with Gasteiger partial charge in [-0.3, -0.25) is 19.4 Å². The molecule has 0 saturated carbocycles. The van der Waals surface area contributed by atoms with Crippen LogP contribution in [0, 0.1) is 11.6 Å². The lowest BCUT2D eigenvalue weighted by molar-refractivity contribution is -0.134. The van der Waals surface area contributed by atoms with Crippen molar-refractivity contribution in [1.82, 2.24) is 9.80 Å². The van der Waals surface area contributed by atoms with Crippen molar-refractivity contribution in [2.24, 2.45) is 0 Å². The Bertz CT molecular complexity index is 1650. The number of carboxylic acid groups (broad SMARTS) is 1. The summed E-state index contributed by atoms with van der Waals surface area (Å²) in [5.74, 6) is -3.74. The second kappa shape index (κ2) is 14.4. The van der Waals surface area contributed by atoms with Gasteiger partial charge < -0.3 is 14.6 Å². The molecular formula is C31H26F2N2O6S3. The fourth-order valence-electron chi connectivity index (χ4n) is 4.47. The van der Waals surface area contributed by atoms with Gasteiger partial charge >= 0.3 is 11.9 Å². The Hall–Kier alpha value is -3.75. The molecule has 1 aromatic heterocycles. The van der Waals surface area contributed by atoms with Crippen molar-refractivity contribution in [2.45, 2.75) is 6.42 Å². The maximum Gasteiger partial charge on any atom is 0.335 e. The van der Waals surface area contributed by atoms with Crippen molar-refractivity contribution < 1.29 is 37.7 Å². The second-order valence-corrected chi connectivity index (χ2v) is 12.5. The van der Waals surface area contributed by atoms with E-state index in [1.54, 1.807) is 6.08 Å². The third-order valence-corrected chi connectivity index (χ3v) is 9.19. The lowest BCUT2D eigenvalue weighted by atomic mass is 10.1. The number of amides is 1. The van der Waals surface area contributed by atoms with Gasteiger partial charge in [-0.1, -0.05) is 36.1 Å². The number of hydrogen-bond acceptors (Lipinski definition) is 9. The number of benzene rings is 2. The lowest BCUT2D eigenvalue weighted by Crippen LogP contribution is -2.36. The van der Waals surface area contributed by atoms with E-state index >= 15 is 0 Å². The summed E-state index contributed by atoms with van der Waals surface area (Å²) < 4.78 is 38.7. The number of carbonyl (C=O) groups excluding carboxylic acids is 2. The smallest absolute Gasteiger partial charge is 0.335 e. The van der Waals surface area contributed by atoms with Gasteiger partial charge in [-0.25, -0.2) is 13.6 Å². The van der Waals surface area contributed by atoms with Crippen molar-refractivity contribution >= 4 is 69.6 Å². The molecule has 0 bridgehead atoms. The highest BCUT2D eigenvalue weighted by molar-refractivity contribution is 8.26. The van der Waals surface area contributed by atoms with Gasteiger partial charge in [0, 0.05) is 41.5 Å². The van der Waals surface area contributed by atoms with E-state index < -0.39 is 23.6 Å². The summed E-state index contributed by atoms with van der Waals surface area (Å²) in [7, 11) is 0. The van der Waals surface area contributed by atoms with Crippen LogP contribution in [0.3, 0.4) is 0 Å². The number of halogens is 2. The minimum Gasteiger partial charge on any atom is -0.478 e. The summed E-state index contributed by atoms with van der Waals surface area (Å²) in [6.45, 7) is 3.74. The first kappa shape index (κ1) is 31.7. The van der Waals surface area contributed by atoms with Crippen molar-refractivity contribution in [3.8, 4) is 16.9 Å². The van der Waals surface area contributed by atoms with Crippen LogP contribution in [0.1, 0.15) is 26.5 Å². The van der Waals surface area contributed by atoms with Gasteiger partial charge in [0.25, 0.3) is 5.91 Å². The Kier molecular flexibility index (Phi) is 10.3. The zero-order valence-electron chi connectivity index (χ0n) is 23.2. The van der Waals surface area contributed by atoms with Gasteiger partial charge in [-0.2, -0.15) is 0 Å². The number of carboxylic acids is 1. The Morgan fingerprint density at radius 1 is 1.07 bits per heavy atom. The maximum absolute atomic E-state index is 14.1. The van der Waals surface area contributed by atoms with Crippen LogP contribution in [0.15, 0.2) is 59.5 Å². The molecule has 0 unspecified atom stereocenters. The van der Waals surface area contributed by atoms with E-state index in [2.05, 4.69) is 4.90 Å².